The second kappa shape index (κ2) is 6.85. The first kappa shape index (κ1) is 14.3. The average molecular weight is 262 g/mol. The minimum atomic E-state index is 0.657. The first-order chi connectivity index (χ1) is 9.20. The number of nitrogens with one attached hydrogen (secondary N) is 1. The van der Waals surface area contributed by atoms with Crippen LogP contribution in [-0.2, 0) is 6.54 Å². The SMILES string of the molecule is CCCNCc1cncc(N(CC(C)C)C2CC2)n1. The maximum atomic E-state index is 4.76. The molecule has 1 heterocycles. The fraction of sp³-hybridized carbons (Fsp3) is 0.733. The van der Waals surface area contributed by atoms with Crippen LogP contribution in [0.1, 0.15) is 45.7 Å². The summed E-state index contributed by atoms with van der Waals surface area (Å²) in [5, 5.41) is 3.38. The average Bonchev–Trinajstić information content (AvgIpc) is 3.21. The third kappa shape index (κ3) is 4.46. The fourth-order valence-corrected chi connectivity index (χ4v) is 2.22. The number of anilines is 1. The van der Waals surface area contributed by atoms with Crippen molar-refractivity contribution in [2.24, 2.45) is 5.92 Å². The lowest BCUT2D eigenvalue weighted by atomic mass is 10.2. The molecule has 0 aromatic carbocycles. The molecule has 19 heavy (non-hydrogen) atoms. The monoisotopic (exact) mass is 262 g/mol. The molecule has 0 radical (unpaired) electrons. The molecule has 0 atom stereocenters. The Balaban J connectivity index is 2.02. The summed E-state index contributed by atoms with van der Waals surface area (Å²) in [6.07, 6.45) is 7.52. The first-order valence-corrected chi connectivity index (χ1v) is 7.49. The van der Waals surface area contributed by atoms with Crippen molar-refractivity contribution >= 4 is 5.82 Å². The predicted molar refractivity (Wildman–Crippen MR) is 79.2 cm³/mol. The van der Waals surface area contributed by atoms with E-state index in [1.165, 1.54) is 12.8 Å². The molecule has 0 spiro atoms. The smallest absolute Gasteiger partial charge is 0.147 e. The van der Waals surface area contributed by atoms with Gasteiger partial charge in [0.05, 0.1) is 11.9 Å². The third-order valence-corrected chi connectivity index (χ3v) is 3.25. The van der Waals surface area contributed by atoms with E-state index in [1.807, 2.05) is 12.4 Å². The fourth-order valence-electron chi connectivity index (χ4n) is 2.22. The van der Waals surface area contributed by atoms with E-state index in [-0.39, 0.29) is 0 Å². The van der Waals surface area contributed by atoms with Gasteiger partial charge in [0.2, 0.25) is 0 Å². The summed E-state index contributed by atoms with van der Waals surface area (Å²) in [6.45, 7) is 9.61. The van der Waals surface area contributed by atoms with E-state index in [4.69, 9.17) is 4.98 Å². The summed E-state index contributed by atoms with van der Waals surface area (Å²) in [7, 11) is 0. The normalized spacial score (nSPS) is 14.9. The van der Waals surface area contributed by atoms with E-state index in [0.29, 0.717) is 12.0 Å². The summed E-state index contributed by atoms with van der Waals surface area (Å²) >= 11 is 0. The lowest BCUT2D eigenvalue weighted by molar-refractivity contribution is 0.598. The zero-order valence-electron chi connectivity index (χ0n) is 12.4. The molecule has 1 aliphatic rings. The van der Waals surface area contributed by atoms with Crippen molar-refractivity contribution in [3.05, 3.63) is 18.1 Å². The predicted octanol–water partition coefficient (Wildman–Crippen LogP) is 2.60. The number of hydrogen-bond acceptors (Lipinski definition) is 4. The molecule has 2 rings (SSSR count). The summed E-state index contributed by atoms with van der Waals surface area (Å²) in [4.78, 5) is 11.5. The van der Waals surface area contributed by atoms with Crippen LogP contribution >= 0.6 is 0 Å². The standard InChI is InChI=1S/C15H26N4/c1-4-7-16-8-13-9-17-10-15(18-13)19(11-12(2)3)14-5-6-14/h9-10,12,14,16H,4-8,11H2,1-3H3. The lowest BCUT2D eigenvalue weighted by Gasteiger charge is -2.25. The van der Waals surface area contributed by atoms with Crippen LogP contribution in [0, 0.1) is 5.92 Å². The van der Waals surface area contributed by atoms with Gasteiger partial charge in [0.1, 0.15) is 5.82 Å². The molecule has 4 nitrogen and oxygen atoms in total. The van der Waals surface area contributed by atoms with Gasteiger partial charge in [-0.1, -0.05) is 20.8 Å². The van der Waals surface area contributed by atoms with Gasteiger partial charge in [-0.25, -0.2) is 4.98 Å². The summed E-state index contributed by atoms with van der Waals surface area (Å²) in [5.41, 5.74) is 1.04. The van der Waals surface area contributed by atoms with E-state index in [9.17, 15) is 0 Å². The van der Waals surface area contributed by atoms with Gasteiger partial charge in [0.25, 0.3) is 0 Å². The van der Waals surface area contributed by atoms with Gasteiger partial charge in [0.15, 0.2) is 0 Å². The van der Waals surface area contributed by atoms with E-state index >= 15 is 0 Å². The Hall–Kier alpha value is -1.16. The zero-order chi connectivity index (χ0) is 13.7. The number of hydrogen-bond donors (Lipinski definition) is 1. The van der Waals surface area contributed by atoms with Crippen molar-refractivity contribution < 1.29 is 0 Å². The van der Waals surface area contributed by atoms with Crippen molar-refractivity contribution in [1.82, 2.24) is 15.3 Å². The Morgan fingerprint density at radius 1 is 1.37 bits per heavy atom. The molecule has 1 aromatic rings. The molecular formula is C15H26N4. The number of nitrogens with zero attached hydrogens (tertiary/aromatic N) is 3. The third-order valence-electron chi connectivity index (χ3n) is 3.25. The molecule has 106 valence electrons. The number of rotatable bonds is 8. The van der Waals surface area contributed by atoms with Crippen molar-refractivity contribution in [3.63, 3.8) is 0 Å². The maximum Gasteiger partial charge on any atom is 0.147 e. The molecular weight excluding hydrogens is 236 g/mol. The van der Waals surface area contributed by atoms with E-state index in [2.05, 4.69) is 36.0 Å². The molecule has 0 bridgehead atoms. The molecule has 4 heteroatoms. The van der Waals surface area contributed by atoms with Gasteiger partial charge in [-0.05, 0) is 31.7 Å². The summed E-state index contributed by atoms with van der Waals surface area (Å²) in [5.74, 6) is 1.70. The highest BCUT2D eigenvalue weighted by Crippen LogP contribution is 2.31. The molecule has 0 aliphatic heterocycles. The van der Waals surface area contributed by atoms with Crippen LogP contribution in [0.2, 0.25) is 0 Å². The first-order valence-electron chi connectivity index (χ1n) is 7.49. The Morgan fingerprint density at radius 2 is 2.16 bits per heavy atom. The van der Waals surface area contributed by atoms with Gasteiger partial charge >= 0.3 is 0 Å². The highest BCUT2D eigenvalue weighted by Gasteiger charge is 2.30. The van der Waals surface area contributed by atoms with Crippen molar-refractivity contribution in [2.75, 3.05) is 18.0 Å². The van der Waals surface area contributed by atoms with Gasteiger partial charge < -0.3 is 10.2 Å². The highest BCUT2D eigenvalue weighted by atomic mass is 15.2. The van der Waals surface area contributed by atoms with Crippen LogP contribution in [0.3, 0.4) is 0 Å². The lowest BCUT2D eigenvalue weighted by Crippen LogP contribution is -2.31. The van der Waals surface area contributed by atoms with Crippen molar-refractivity contribution in [2.45, 2.75) is 52.6 Å². The molecule has 0 unspecified atom stereocenters. The second-order valence-corrected chi connectivity index (χ2v) is 5.82. The van der Waals surface area contributed by atoms with Crippen molar-refractivity contribution in [1.29, 1.82) is 0 Å². The largest absolute Gasteiger partial charge is 0.352 e. The van der Waals surface area contributed by atoms with E-state index in [0.717, 1.165) is 37.6 Å². The molecule has 0 amide bonds. The summed E-state index contributed by atoms with van der Waals surface area (Å²) < 4.78 is 0. The van der Waals surface area contributed by atoms with E-state index in [1.54, 1.807) is 0 Å². The van der Waals surface area contributed by atoms with Gasteiger partial charge in [-0.3, -0.25) is 4.98 Å². The second-order valence-electron chi connectivity index (χ2n) is 5.82. The minimum absolute atomic E-state index is 0.657. The summed E-state index contributed by atoms with van der Waals surface area (Å²) in [6, 6.07) is 0.690. The molecule has 1 aromatic heterocycles. The highest BCUT2D eigenvalue weighted by molar-refractivity contribution is 5.39. The van der Waals surface area contributed by atoms with Crippen molar-refractivity contribution in [3.8, 4) is 0 Å². The van der Waals surface area contributed by atoms with Gasteiger partial charge in [-0.2, -0.15) is 0 Å². The van der Waals surface area contributed by atoms with Crippen LogP contribution in [0.4, 0.5) is 5.82 Å². The molecule has 1 aliphatic carbocycles. The quantitative estimate of drug-likeness (QED) is 0.731. The van der Waals surface area contributed by atoms with E-state index < -0.39 is 0 Å². The Bertz CT molecular complexity index is 387. The van der Waals surface area contributed by atoms with Gasteiger partial charge in [0, 0.05) is 25.3 Å². The number of aromatic nitrogens is 2. The van der Waals surface area contributed by atoms with Crippen LogP contribution in [0.5, 0.6) is 0 Å². The van der Waals surface area contributed by atoms with Crippen LogP contribution in [-0.4, -0.2) is 29.1 Å². The zero-order valence-corrected chi connectivity index (χ0v) is 12.4. The van der Waals surface area contributed by atoms with Crippen LogP contribution < -0.4 is 10.2 Å². The Morgan fingerprint density at radius 3 is 2.79 bits per heavy atom. The Kier molecular flexibility index (Phi) is 5.14. The minimum Gasteiger partial charge on any atom is -0.352 e. The molecule has 1 fully saturated rings. The molecule has 1 saturated carbocycles. The maximum absolute atomic E-state index is 4.76. The topological polar surface area (TPSA) is 41.1 Å². The molecule has 1 N–H and O–H groups in total. The van der Waals surface area contributed by atoms with Gasteiger partial charge in [-0.15, -0.1) is 0 Å². The van der Waals surface area contributed by atoms with Crippen LogP contribution in [0.15, 0.2) is 12.4 Å². The van der Waals surface area contributed by atoms with Crippen LogP contribution in [0.25, 0.3) is 0 Å². The Labute approximate surface area is 116 Å². The molecule has 0 saturated heterocycles.